The van der Waals surface area contributed by atoms with Gasteiger partial charge in [0.05, 0.1) is 19.4 Å². The van der Waals surface area contributed by atoms with Crippen LogP contribution < -0.4 is 9.46 Å². The Hall–Kier alpha value is -2.55. The van der Waals surface area contributed by atoms with Gasteiger partial charge >= 0.3 is 0 Å². The first-order chi connectivity index (χ1) is 14.0. The summed E-state index contributed by atoms with van der Waals surface area (Å²) in [7, 11) is -1.96. The normalized spacial score (nSPS) is 18.5. The van der Waals surface area contributed by atoms with Gasteiger partial charge in [-0.3, -0.25) is 9.40 Å². The van der Waals surface area contributed by atoms with Crippen LogP contribution in [-0.4, -0.2) is 36.2 Å². The fourth-order valence-electron chi connectivity index (χ4n) is 4.86. The molecule has 154 valence electrons. The number of hydrogen-bond donors (Lipinski definition) is 1. The summed E-state index contributed by atoms with van der Waals surface area (Å²) < 4.78 is 40.7. The summed E-state index contributed by atoms with van der Waals surface area (Å²) >= 11 is 0. The lowest BCUT2D eigenvalue weighted by Crippen LogP contribution is -2.45. The molecule has 0 bridgehead atoms. The second kappa shape index (κ2) is 6.76. The molecule has 1 N–H and O–H groups in total. The second-order valence-electron chi connectivity index (χ2n) is 8.42. The number of benzene rings is 1. The van der Waals surface area contributed by atoms with E-state index in [2.05, 4.69) is 15.0 Å². The van der Waals surface area contributed by atoms with Crippen LogP contribution in [0.1, 0.15) is 37.7 Å². The third-order valence-corrected chi connectivity index (χ3v) is 7.70. The third-order valence-electron chi connectivity index (χ3n) is 6.29. The summed E-state index contributed by atoms with van der Waals surface area (Å²) in [4.78, 5) is 0. The highest BCUT2D eigenvalue weighted by Gasteiger charge is 2.49. The van der Waals surface area contributed by atoms with Crippen LogP contribution in [0.5, 0.6) is 5.75 Å². The Morgan fingerprint density at radius 2 is 2.17 bits per heavy atom. The molecule has 0 unspecified atom stereocenters. The Labute approximate surface area is 169 Å². The van der Waals surface area contributed by atoms with Gasteiger partial charge in [-0.05, 0) is 60.8 Å². The first-order valence-corrected chi connectivity index (χ1v) is 11.5. The molecule has 29 heavy (non-hydrogen) atoms. The average Bonchev–Trinajstić information content (AvgIpc) is 3.25. The van der Waals surface area contributed by atoms with Crippen LogP contribution in [0.25, 0.3) is 11.0 Å². The molecule has 9 heteroatoms. The van der Waals surface area contributed by atoms with Crippen molar-refractivity contribution in [3.63, 3.8) is 0 Å². The molecule has 0 radical (unpaired) electrons. The maximum atomic E-state index is 12.7. The van der Waals surface area contributed by atoms with Crippen LogP contribution in [0.3, 0.4) is 0 Å². The largest absolute Gasteiger partial charge is 0.496 e. The first-order valence-electron chi connectivity index (χ1n) is 9.90. The van der Waals surface area contributed by atoms with Gasteiger partial charge in [0.1, 0.15) is 11.1 Å². The second-order valence-corrected chi connectivity index (χ2v) is 10.2. The minimum Gasteiger partial charge on any atom is -0.496 e. The number of sulfonamides is 1. The first kappa shape index (κ1) is 18.5. The highest BCUT2D eigenvalue weighted by molar-refractivity contribution is 7.92. The SMILES string of the molecule is COc1cc(Cn2cccn2)cc2onc(NS(=O)(=O)CC3CC4(CCC4)C3)c12. The lowest BCUT2D eigenvalue weighted by atomic mass is 9.52. The van der Waals surface area contributed by atoms with E-state index in [4.69, 9.17) is 9.26 Å². The number of anilines is 1. The zero-order chi connectivity index (χ0) is 20.1. The molecule has 2 aromatic heterocycles. The number of nitrogens with zero attached hydrogens (tertiary/aromatic N) is 3. The summed E-state index contributed by atoms with van der Waals surface area (Å²) in [5.41, 5.74) is 1.85. The zero-order valence-corrected chi connectivity index (χ0v) is 17.1. The summed E-state index contributed by atoms with van der Waals surface area (Å²) in [6.07, 6.45) is 9.41. The van der Waals surface area contributed by atoms with Crippen LogP contribution in [0.4, 0.5) is 5.82 Å². The van der Waals surface area contributed by atoms with E-state index in [-0.39, 0.29) is 17.5 Å². The Morgan fingerprint density at radius 1 is 1.34 bits per heavy atom. The molecule has 0 aliphatic heterocycles. The number of hydrogen-bond acceptors (Lipinski definition) is 6. The molecular weight excluding hydrogens is 392 g/mol. The van der Waals surface area contributed by atoms with Crippen LogP contribution >= 0.6 is 0 Å². The molecule has 1 aromatic carbocycles. The van der Waals surface area contributed by atoms with Crippen LogP contribution in [0, 0.1) is 11.3 Å². The molecule has 8 nitrogen and oxygen atoms in total. The van der Waals surface area contributed by atoms with Gasteiger partial charge in [-0.15, -0.1) is 0 Å². The van der Waals surface area contributed by atoms with E-state index in [0.29, 0.717) is 28.7 Å². The summed E-state index contributed by atoms with van der Waals surface area (Å²) in [5.74, 6) is 1.05. The zero-order valence-electron chi connectivity index (χ0n) is 16.3. The molecule has 0 saturated heterocycles. The number of rotatable bonds is 7. The van der Waals surface area contributed by atoms with Gasteiger partial charge in [-0.25, -0.2) is 8.42 Å². The van der Waals surface area contributed by atoms with Crippen LogP contribution in [0.2, 0.25) is 0 Å². The van der Waals surface area contributed by atoms with Crippen molar-refractivity contribution in [1.29, 1.82) is 0 Å². The minimum absolute atomic E-state index is 0.128. The van der Waals surface area contributed by atoms with E-state index in [9.17, 15) is 8.42 Å². The van der Waals surface area contributed by atoms with Crippen molar-refractivity contribution < 1.29 is 17.7 Å². The van der Waals surface area contributed by atoms with Crippen LogP contribution in [0.15, 0.2) is 35.1 Å². The summed E-state index contributed by atoms with van der Waals surface area (Å²) in [6, 6.07) is 5.54. The molecule has 0 amide bonds. The average molecular weight is 417 g/mol. The van der Waals surface area contributed by atoms with Gasteiger partial charge in [-0.1, -0.05) is 11.6 Å². The number of aromatic nitrogens is 3. The molecule has 2 heterocycles. The topological polar surface area (TPSA) is 99.2 Å². The fourth-order valence-corrected chi connectivity index (χ4v) is 6.23. The molecule has 2 saturated carbocycles. The number of fused-ring (bicyclic) bond motifs is 1. The van der Waals surface area contributed by atoms with Gasteiger partial charge in [0, 0.05) is 12.4 Å². The smallest absolute Gasteiger partial charge is 0.234 e. The molecule has 1 spiro atoms. The highest BCUT2D eigenvalue weighted by Crippen LogP contribution is 2.58. The number of ether oxygens (including phenoxy) is 1. The lowest BCUT2D eigenvalue weighted by molar-refractivity contribution is -0.0146. The predicted octanol–water partition coefficient (Wildman–Crippen LogP) is 3.40. The Bertz CT molecular complexity index is 1120. The number of nitrogens with one attached hydrogen (secondary N) is 1. The van der Waals surface area contributed by atoms with E-state index >= 15 is 0 Å². The van der Waals surface area contributed by atoms with E-state index in [1.54, 1.807) is 18.0 Å². The van der Waals surface area contributed by atoms with Gasteiger partial charge in [0.15, 0.2) is 11.4 Å². The van der Waals surface area contributed by atoms with Crippen molar-refractivity contribution in [3.8, 4) is 5.75 Å². The van der Waals surface area contributed by atoms with Crippen molar-refractivity contribution in [2.24, 2.45) is 11.3 Å². The standard InChI is InChI=1S/C20H24N4O4S/c1-27-16-8-14(12-24-7-3-6-21-24)9-17-18(16)19(22-28-17)23-29(25,26)13-15-10-20(11-15)4-2-5-20/h3,6-9,15H,2,4-5,10-13H2,1H3,(H,22,23). The van der Waals surface area contributed by atoms with Crippen molar-refractivity contribution in [2.75, 3.05) is 17.6 Å². The monoisotopic (exact) mass is 416 g/mol. The van der Waals surface area contributed by atoms with Crippen molar-refractivity contribution in [1.82, 2.24) is 14.9 Å². The van der Waals surface area contributed by atoms with E-state index in [1.807, 2.05) is 24.4 Å². The molecule has 2 aliphatic rings. The molecule has 2 fully saturated rings. The van der Waals surface area contributed by atoms with Crippen molar-refractivity contribution >= 4 is 26.8 Å². The minimum atomic E-state index is -3.51. The van der Waals surface area contributed by atoms with Crippen LogP contribution in [-0.2, 0) is 16.6 Å². The predicted molar refractivity (Wildman–Crippen MR) is 108 cm³/mol. The molecule has 0 atom stereocenters. The van der Waals surface area contributed by atoms with E-state index < -0.39 is 10.0 Å². The van der Waals surface area contributed by atoms with E-state index in [1.165, 1.54) is 19.3 Å². The maximum Gasteiger partial charge on any atom is 0.234 e. The van der Waals surface area contributed by atoms with Gasteiger partial charge in [-0.2, -0.15) is 5.10 Å². The van der Waals surface area contributed by atoms with Crippen molar-refractivity contribution in [3.05, 3.63) is 36.2 Å². The Balaban J connectivity index is 1.35. The van der Waals surface area contributed by atoms with E-state index in [0.717, 1.165) is 18.4 Å². The summed E-state index contributed by atoms with van der Waals surface area (Å²) in [6.45, 7) is 0.546. The van der Waals surface area contributed by atoms with Gasteiger partial charge in [0.2, 0.25) is 10.0 Å². The molecule has 2 aliphatic carbocycles. The third kappa shape index (κ3) is 3.48. The molecule has 5 rings (SSSR count). The number of methoxy groups -OCH3 is 1. The van der Waals surface area contributed by atoms with Gasteiger partial charge in [0.25, 0.3) is 0 Å². The van der Waals surface area contributed by atoms with Gasteiger partial charge < -0.3 is 9.26 Å². The fraction of sp³-hybridized carbons (Fsp3) is 0.500. The molecule has 3 aromatic rings. The maximum absolute atomic E-state index is 12.7. The Morgan fingerprint density at radius 3 is 2.83 bits per heavy atom. The quantitative estimate of drug-likeness (QED) is 0.634. The lowest BCUT2D eigenvalue weighted by Gasteiger charge is -2.54. The molecular formula is C20H24N4O4S. The Kier molecular flexibility index (Phi) is 4.31. The van der Waals surface area contributed by atoms with Crippen molar-refractivity contribution in [2.45, 2.75) is 38.6 Å². The summed E-state index contributed by atoms with van der Waals surface area (Å²) in [5, 5.41) is 8.70. The highest BCUT2D eigenvalue weighted by atomic mass is 32.2.